The molecular weight excluding hydrogens is 219 g/mol. The molecule has 0 bridgehead atoms. The largest absolute Gasteiger partial charge is 0.494 e. The van der Waals surface area contributed by atoms with Crippen molar-refractivity contribution in [3.05, 3.63) is 29.6 Å². The van der Waals surface area contributed by atoms with Crippen LogP contribution in [-0.2, 0) is 0 Å². The Morgan fingerprint density at radius 2 is 2.13 bits per heavy atom. The highest BCUT2D eigenvalue weighted by molar-refractivity contribution is 7.80. The van der Waals surface area contributed by atoms with Gasteiger partial charge in [0.1, 0.15) is 6.10 Å². The summed E-state index contributed by atoms with van der Waals surface area (Å²) in [5, 5.41) is 18.9. The molecule has 0 spiro atoms. The van der Waals surface area contributed by atoms with Gasteiger partial charge in [-0.25, -0.2) is 4.39 Å². The first-order valence-corrected chi connectivity index (χ1v) is 5.03. The highest BCUT2D eigenvalue weighted by Crippen LogP contribution is 2.23. The first-order chi connectivity index (χ1) is 7.10. The summed E-state index contributed by atoms with van der Waals surface area (Å²) in [4.78, 5) is 0. The highest BCUT2D eigenvalue weighted by atomic mass is 32.1. The van der Waals surface area contributed by atoms with E-state index in [9.17, 15) is 14.6 Å². The maximum Gasteiger partial charge on any atom is 0.165 e. The second-order valence-electron chi connectivity index (χ2n) is 3.09. The van der Waals surface area contributed by atoms with Gasteiger partial charge < -0.3 is 14.9 Å². The van der Waals surface area contributed by atoms with Crippen molar-refractivity contribution in [2.75, 3.05) is 12.9 Å². The SMILES string of the molecule is COc1ccc(C(O)C(O)CS)cc1F. The van der Waals surface area contributed by atoms with E-state index in [4.69, 9.17) is 4.74 Å². The average molecular weight is 232 g/mol. The number of aliphatic hydroxyl groups excluding tert-OH is 2. The summed E-state index contributed by atoms with van der Waals surface area (Å²) in [5.41, 5.74) is 0.301. The van der Waals surface area contributed by atoms with Crippen molar-refractivity contribution in [1.29, 1.82) is 0 Å². The maximum atomic E-state index is 13.2. The molecule has 15 heavy (non-hydrogen) atoms. The number of aliphatic hydroxyl groups is 2. The lowest BCUT2D eigenvalue weighted by atomic mass is 10.1. The fraction of sp³-hybridized carbons (Fsp3) is 0.400. The van der Waals surface area contributed by atoms with Crippen LogP contribution in [-0.4, -0.2) is 29.2 Å². The van der Waals surface area contributed by atoms with Gasteiger partial charge in [0, 0.05) is 5.75 Å². The van der Waals surface area contributed by atoms with Gasteiger partial charge in [0.15, 0.2) is 11.6 Å². The molecule has 0 saturated heterocycles. The summed E-state index contributed by atoms with van der Waals surface area (Å²) in [7, 11) is 1.36. The van der Waals surface area contributed by atoms with E-state index in [2.05, 4.69) is 12.6 Å². The summed E-state index contributed by atoms with van der Waals surface area (Å²) in [6, 6.07) is 4.04. The van der Waals surface area contributed by atoms with Gasteiger partial charge in [-0.2, -0.15) is 12.6 Å². The molecule has 0 aliphatic carbocycles. The molecule has 0 aromatic heterocycles. The van der Waals surface area contributed by atoms with Crippen molar-refractivity contribution in [2.24, 2.45) is 0 Å². The Labute approximate surface area is 92.9 Å². The topological polar surface area (TPSA) is 49.7 Å². The van der Waals surface area contributed by atoms with E-state index in [1.807, 2.05) is 0 Å². The molecule has 1 aromatic rings. The van der Waals surface area contributed by atoms with E-state index in [1.165, 1.54) is 19.2 Å². The third-order valence-electron chi connectivity index (χ3n) is 2.07. The molecule has 2 atom stereocenters. The number of thiol groups is 1. The van der Waals surface area contributed by atoms with Gasteiger partial charge in [-0.05, 0) is 17.7 Å². The molecule has 2 unspecified atom stereocenters. The number of benzene rings is 1. The Hall–Kier alpha value is -0.780. The van der Waals surface area contributed by atoms with Crippen molar-refractivity contribution in [3.63, 3.8) is 0 Å². The highest BCUT2D eigenvalue weighted by Gasteiger charge is 2.18. The first-order valence-electron chi connectivity index (χ1n) is 4.40. The molecule has 84 valence electrons. The van der Waals surface area contributed by atoms with E-state index in [0.717, 1.165) is 6.07 Å². The third kappa shape index (κ3) is 2.84. The minimum atomic E-state index is -1.14. The molecule has 0 radical (unpaired) electrons. The smallest absolute Gasteiger partial charge is 0.165 e. The lowest BCUT2D eigenvalue weighted by Crippen LogP contribution is -2.19. The first kappa shape index (κ1) is 12.3. The summed E-state index contributed by atoms with van der Waals surface area (Å²) in [5.74, 6) is -0.360. The molecule has 0 aliphatic rings. The fourth-order valence-corrected chi connectivity index (χ4v) is 1.39. The molecule has 0 saturated carbocycles. The number of halogens is 1. The molecule has 0 aliphatic heterocycles. The summed E-state index contributed by atoms with van der Waals surface area (Å²) >= 11 is 3.84. The van der Waals surface area contributed by atoms with Gasteiger partial charge in [0.25, 0.3) is 0 Å². The zero-order chi connectivity index (χ0) is 11.4. The average Bonchev–Trinajstić information content (AvgIpc) is 2.26. The van der Waals surface area contributed by atoms with Gasteiger partial charge in [-0.15, -0.1) is 0 Å². The predicted octanol–water partition coefficient (Wildman–Crippen LogP) is 1.16. The van der Waals surface area contributed by atoms with Gasteiger partial charge in [-0.1, -0.05) is 6.07 Å². The standard InChI is InChI=1S/C10H13FO3S/c1-14-9-3-2-6(4-7(9)11)10(13)8(12)5-15/h2-4,8,10,12-13,15H,5H2,1H3. The van der Waals surface area contributed by atoms with E-state index in [1.54, 1.807) is 0 Å². The normalized spacial score (nSPS) is 14.7. The lowest BCUT2D eigenvalue weighted by molar-refractivity contribution is 0.0335. The molecule has 1 aromatic carbocycles. The Kier molecular flexibility index (Phi) is 4.38. The van der Waals surface area contributed by atoms with E-state index < -0.39 is 18.0 Å². The Balaban J connectivity index is 2.92. The Morgan fingerprint density at radius 3 is 2.60 bits per heavy atom. The monoisotopic (exact) mass is 232 g/mol. The Morgan fingerprint density at radius 1 is 1.47 bits per heavy atom. The number of ether oxygens (including phenoxy) is 1. The minimum Gasteiger partial charge on any atom is -0.494 e. The number of hydrogen-bond donors (Lipinski definition) is 3. The summed E-state index contributed by atoms with van der Waals surface area (Å²) in [6.45, 7) is 0. The predicted molar refractivity (Wildman–Crippen MR) is 57.8 cm³/mol. The van der Waals surface area contributed by atoms with Crippen molar-refractivity contribution in [2.45, 2.75) is 12.2 Å². The molecule has 2 N–H and O–H groups in total. The number of hydrogen-bond acceptors (Lipinski definition) is 4. The quantitative estimate of drug-likeness (QED) is 0.683. The molecule has 5 heteroatoms. The fourth-order valence-electron chi connectivity index (χ4n) is 1.19. The van der Waals surface area contributed by atoms with Crippen LogP contribution >= 0.6 is 12.6 Å². The zero-order valence-corrected chi connectivity index (χ0v) is 9.12. The zero-order valence-electron chi connectivity index (χ0n) is 8.22. The van der Waals surface area contributed by atoms with Crippen LogP contribution in [0.5, 0.6) is 5.75 Å². The van der Waals surface area contributed by atoms with Crippen LogP contribution < -0.4 is 4.74 Å². The third-order valence-corrected chi connectivity index (χ3v) is 2.44. The van der Waals surface area contributed by atoms with Crippen molar-refractivity contribution < 1.29 is 19.3 Å². The van der Waals surface area contributed by atoms with Gasteiger partial charge in [-0.3, -0.25) is 0 Å². The lowest BCUT2D eigenvalue weighted by Gasteiger charge is -2.16. The molecule has 1 rings (SSSR count). The minimum absolute atomic E-state index is 0.103. The van der Waals surface area contributed by atoms with Crippen LogP contribution in [0.25, 0.3) is 0 Å². The van der Waals surface area contributed by atoms with Crippen molar-refractivity contribution >= 4 is 12.6 Å². The summed E-state index contributed by atoms with van der Waals surface area (Å²) < 4.78 is 18.0. The molecular formula is C10H13FO3S. The van der Waals surface area contributed by atoms with Crippen LogP contribution in [0.2, 0.25) is 0 Å². The summed E-state index contributed by atoms with van der Waals surface area (Å²) in [6.07, 6.45) is -2.15. The second-order valence-corrected chi connectivity index (χ2v) is 3.45. The van der Waals surface area contributed by atoms with Crippen LogP contribution in [0.3, 0.4) is 0 Å². The number of methoxy groups -OCH3 is 1. The molecule has 0 heterocycles. The van der Waals surface area contributed by atoms with Gasteiger partial charge in [0.2, 0.25) is 0 Å². The maximum absolute atomic E-state index is 13.2. The van der Waals surface area contributed by atoms with E-state index >= 15 is 0 Å². The molecule has 0 amide bonds. The van der Waals surface area contributed by atoms with Crippen LogP contribution in [0.4, 0.5) is 4.39 Å². The molecule has 0 fully saturated rings. The second kappa shape index (κ2) is 5.34. The van der Waals surface area contributed by atoms with Crippen molar-refractivity contribution in [1.82, 2.24) is 0 Å². The van der Waals surface area contributed by atoms with E-state index in [-0.39, 0.29) is 11.5 Å². The van der Waals surface area contributed by atoms with Crippen LogP contribution in [0, 0.1) is 5.82 Å². The molecule has 3 nitrogen and oxygen atoms in total. The van der Waals surface area contributed by atoms with Crippen LogP contribution in [0.15, 0.2) is 18.2 Å². The van der Waals surface area contributed by atoms with Crippen LogP contribution in [0.1, 0.15) is 11.7 Å². The number of rotatable bonds is 4. The van der Waals surface area contributed by atoms with Gasteiger partial charge >= 0.3 is 0 Å². The van der Waals surface area contributed by atoms with E-state index in [0.29, 0.717) is 5.56 Å². The van der Waals surface area contributed by atoms with Crippen molar-refractivity contribution in [3.8, 4) is 5.75 Å². The van der Waals surface area contributed by atoms with Gasteiger partial charge in [0.05, 0.1) is 13.2 Å². The Bertz CT molecular complexity index is 332.